The summed E-state index contributed by atoms with van der Waals surface area (Å²) in [6.07, 6.45) is 4.93. The molecule has 0 saturated carbocycles. The van der Waals surface area contributed by atoms with Gasteiger partial charge in [-0.2, -0.15) is 4.98 Å². The van der Waals surface area contributed by atoms with Crippen molar-refractivity contribution in [1.29, 1.82) is 0 Å². The van der Waals surface area contributed by atoms with E-state index in [0.717, 1.165) is 44.8 Å². The number of rotatable bonds is 5. The number of nitrogens with two attached hydrogens (primary N) is 1. The van der Waals surface area contributed by atoms with Gasteiger partial charge in [0.05, 0.1) is 6.61 Å². The van der Waals surface area contributed by atoms with Crippen LogP contribution in [0.1, 0.15) is 33.1 Å². The summed E-state index contributed by atoms with van der Waals surface area (Å²) >= 11 is 0. The van der Waals surface area contributed by atoms with Crippen molar-refractivity contribution in [2.45, 2.75) is 33.1 Å². The van der Waals surface area contributed by atoms with Crippen molar-refractivity contribution in [3.05, 3.63) is 12.3 Å². The summed E-state index contributed by atoms with van der Waals surface area (Å²) in [6.45, 7) is 7.71. The summed E-state index contributed by atoms with van der Waals surface area (Å²) in [5.41, 5.74) is 6.10. The molecule has 2 heterocycles. The number of nitrogens with zero attached hydrogens (tertiary/aromatic N) is 3. The zero-order valence-electron chi connectivity index (χ0n) is 11.9. The lowest BCUT2D eigenvalue weighted by Gasteiger charge is -2.38. The van der Waals surface area contributed by atoms with Gasteiger partial charge in [0, 0.05) is 25.4 Å². The highest BCUT2D eigenvalue weighted by molar-refractivity contribution is 5.32. The lowest BCUT2D eigenvalue weighted by molar-refractivity contribution is 0.256. The Bertz CT molecular complexity index is 402. The minimum atomic E-state index is 0.271. The standard InChI is InChI=1S/C14H24N4O/c1-3-10-19-12-4-7-16-13(17-12)18-8-5-14(2,11-15)6-9-18/h4,7H,3,5-6,8-11,15H2,1-2H3. The molecule has 0 spiro atoms. The van der Waals surface area contributed by atoms with Crippen molar-refractivity contribution >= 4 is 5.95 Å². The zero-order valence-corrected chi connectivity index (χ0v) is 11.9. The van der Waals surface area contributed by atoms with Crippen LogP contribution in [0.5, 0.6) is 5.88 Å². The second-order valence-corrected chi connectivity index (χ2v) is 5.55. The smallest absolute Gasteiger partial charge is 0.228 e. The number of ether oxygens (including phenoxy) is 1. The highest BCUT2D eigenvalue weighted by Gasteiger charge is 2.29. The van der Waals surface area contributed by atoms with Gasteiger partial charge < -0.3 is 15.4 Å². The predicted molar refractivity (Wildman–Crippen MR) is 76.4 cm³/mol. The van der Waals surface area contributed by atoms with Gasteiger partial charge in [0.25, 0.3) is 0 Å². The van der Waals surface area contributed by atoms with E-state index >= 15 is 0 Å². The molecule has 0 radical (unpaired) electrons. The molecule has 5 heteroatoms. The SMILES string of the molecule is CCCOc1ccnc(N2CCC(C)(CN)CC2)n1. The van der Waals surface area contributed by atoms with E-state index in [1.807, 2.05) is 6.07 Å². The van der Waals surface area contributed by atoms with Gasteiger partial charge in [-0.3, -0.25) is 0 Å². The molecule has 1 fully saturated rings. The van der Waals surface area contributed by atoms with E-state index in [4.69, 9.17) is 10.5 Å². The molecule has 1 aromatic rings. The lowest BCUT2D eigenvalue weighted by Crippen LogP contribution is -2.42. The maximum absolute atomic E-state index is 5.83. The molecule has 1 aliphatic heterocycles. The molecule has 1 aromatic heterocycles. The molecule has 0 aliphatic carbocycles. The summed E-state index contributed by atoms with van der Waals surface area (Å²) in [6, 6.07) is 1.81. The first kappa shape index (κ1) is 14.1. The zero-order chi connectivity index (χ0) is 13.7. The molecule has 0 amide bonds. The van der Waals surface area contributed by atoms with Gasteiger partial charge in [0.15, 0.2) is 0 Å². The van der Waals surface area contributed by atoms with Gasteiger partial charge in [-0.05, 0) is 31.2 Å². The fraction of sp³-hybridized carbons (Fsp3) is 0.714. The van der Waals surface area contributed by atoms with Gasteiger partial charge in [-0.15, -0.1) is 0 Å². The minimum Gasteiger partial charge on any atom is -0.478 e. The summed E-state index contributed by atoms with van der Waals surface area (Å²) in [4.78, 5) is 11.0. The van der Waals surface area contributed by atoms with E-state index in [0.29, 0.717) is 12.5 Å². The van der Waals surface area contributed by atoms with Crippen molar-refractivity contribution in [3.8, 4) is 5.88 Å². The highest BCUT2D eigenvalue weighted by atomic mass is 16.5. The Hall–Kier alpha value is -1.36. The summed E-state index contributed by atoms with van der Waals surface area (Å²) in [7, 11) is 0. The van der Waals surface area contributed by atoms with Crippen molar-refractivity contribution in [3.63, 3.8) is 0 Å². The van der Waals surface area contributed by atoms with Gasteiger partial charge in [0.1, 0.15) is 0 Å². The van der Waals surface area contributed by atoms with E-state index in [1.54, 1.807) is 6.20 Å². The molecule has 0 bridgehead atoms. The Kier molecular flexibility index (Phi) is 4.58. The molecule has 0 aromatic carbocycles. The predicted octanol–water partition coefficient (Wildman–Crippen LogP) is 1.83. The molecular formula is C14H24N4O. The summed E-state index contributed by atoms with van der Waals surface area (Å²) in [5.74, 6) is 1.44. The van der Waals surface area contributed by atoms with E-state index in [1.165, 1.54) is 0 Å². The van der Waals surface area contributed by atoms with Crippen molar-refractivity contribution in [2.24, 2.45) is 11.1 Å². The Morgan fingerprint density at radius 1 is 1.42 bits per heavy atom. The monoisotopic (exact) mass is 264 g/mol. The molecule has 19 heavy (non-hydrogen) atoms. The number of anilines is 1. The Labute approximate surface area is 115 Å². The van der Waals surface area contributed by atoms with Crippen LogP contribution < -0.4 is 15.4 Å². The van der Waals surface area contributed by atoms with Crippen LogP contribution in [-0.4, -0.2) is 36.2 Å². The first-order chi connectivity index (χ1) is 9.17. The van der Waals surface area contributed by atoms with Crippen LogP contribution in [0.15, 0.2) is 12.3 Å². The number of hydrogen-bond donors (Lipinski definition) is 1. The Morgan fingerprint density at radius 2 is 2.16 bits per heavy atom. The molecule has 2 N–H and O–H groups in total. The third-order valence-corrected chi connectivity index (χ3v) is 3.82. The van der Waals surface area contributed by atoms with Crippen LogP contribution in [0.4, 0.5) is 5.95 Å². The van der Waals surface area contributed by atoms with Crippen LogP contribution in [0, 0.1) is 5.41 Å². The maximum atomic E-state index is 5.83. The van der Waals surface area contributed by atoms with Crippen molar-refractivity contribution in [2.75, 3.05) is 31.1 Å². The first-order valence-corrected chi connectivity index (χ1v) is 7.08. The van der Waals surface area contributed by atoms with E-state index in [9.17, 15) is 0 Å². The Balaban J connectivity index is 1.99. The highest BCUT2D eigenvalue weighted by Crippen LogP contribution is 2.30. The molecular weight excluding hydrogens is 240 g/mol. The van der Waals surface area contributed by atoms with Crippen LogP contribution in [0.2, 0.25) is 0 Å². The van der Waals surface area contributed by atoms with E-state index < -0.39 is 0 Å². The van der Waals surface area contributed by atoms with Crippen molar-refractivity contribution in [1.82, 2.24) is 9.97 Å². The normalized spacial score (nSPS) is 18.4. The fourth-order valence-electron chi connectivity index (χ4n) is 2.22. The second-order valence-electron chi connectivity index (χ2n) is 5.55. The van der Waals surface area contributed by atoms with E-state index in [-0.39, 0.29) is 5.41 Å². The third-order valence-electron chi connectivity index (χ3n) is 3.82. The minimum absolute atomic E-state index is 0.271. The Morgan fingerprint density at radius 3 is 2.79 bits per heavy atom. The second kappa shape index (κ2) is 6.19. The van der Waals surface area contributed by atoms with Gasteiger partial charge in [-0.25, -0.2) is 4.98 Å². The van der Waals surface area contributed by atoms with Gasteiger partial charge in [0.2, 0.25) is 11.8 Å². The maximum Gasteiger partial charge on any atom is 0.228 e. The quantitative estimate of drug-likeness (QED) is 0.879. The molecule has 1 aliphatic rings. The molecule has 0 unspecified atom stereocenters. The summed E-state index contributed by atoms with van der Waals surface area (Å²) < 4.78 is 5.55. The van der Waals surface area contributed by atoms with Crippen LogP contribution in [0.25, 0.3) is 0 Å². The van der Waals surface area contributed by atoms with Crippen LogP contribution in [0.3, 0.4) is 0 Å². The molecule has 0 atom stereocenters. The fourth-order valence-corrected chi connectivity index (χ4v) is 2.22. The topological polar surface area (TPSA) is 64.3 Å². The average molecular weight is 264 g/mol. The van der Waals surface area contributed by atoms with Crippen LogP contribution in [-0.2, 0) is 0 Å². The molecule has 106 valence electrons. The lowest BCUT2D eigenvalue weighted by atomic mass is 9.81. The van der Waals surface area contributed by atoms with E-state index in [2.05, 4.69) is 28.7 Å². The largest absolute Gasteiger partial charge is 0.478 e. The number of piperidine rings is 1. The third kappa shape index (κ3) is 3.56. The van der Waals surface area contributed by atoms with Gasteiger partial charge >= 0.3 is 0 Å². The molecule has 1 saturated heterocycles. The average Bonchev–Trinajstić information content (AvgIpc) is 2.46. The van der Waals surface area contributed by atoms with Crippen LogP contribution >= 0.6 is 0 Å². The number of hydrogen-bond acceptors (Lipinski definition) is 5. The first-order valence-electron chi connectivity index (χ1n) is 7.08. The summed E-state index contributed by atoms with van der Waals surface area (Å²) in [5, 5.41) is 0. The van der Waals surface area contributed by atoms with Gasteiger partial charge in [-0.1, -0.05) is 13.8 Å². The van der Waals surface area contributed by atoms with Crippen molar-refractivity contribution < 1.29 is 4.74 Å². The molecule has 5 nitrogen and oxygen atoms in total. The number of aromatic nitrogens is 2. The molecule has 2 rings (SSSR count).